The summed E-state index contributed by atoms with van der Waals surface area (Å²) in [6.45, 7) is 3.99. The van der Waals surface area contributed by atoms with E-state index in [1.165, 1.54) is 18.3 Å². The number of hydrogen-bond donors (Lipinski definition) is 1. The summed E-state index contributed by atoms with van der Waals surface area (Å²) in [5.41, 5.74) is -0.0558. The van der Waals surface area contributed by atoms with E-state index in [-0.39, 0.29) is 23.2 Å². The van der Waals surface area contributed by atoms with E-state index in [4.69, 9.17) is 5.11 Å². The highest BCUT2D eigenvalue weighted by atomic mass is 16.4. The predicted octanol–water partition coefficient (Wildman–Crippen LogP) is 2.04. The molecule has 0 fully saturated rings. The van der Waals surface area contributed by atoms with Crippen molar-refractivity contribution in [2.45, 2.75) is 32.7 Å². The molecule has 0 saturated heterocycles. The number of carboxylic acids is 1. The van der Waals surface area contributed by atoms with Gasteiger partial charge in [-0.25, -0.2) is 4.79 Å². The Morgan fingerprint density at radius 3 is 2.50 bits per heavy atom. The minimum Gasteiger partial charge on any atom is -0.478 e. The monoisotopic (exact) mass is 250 g/mol. The number of nitrogens with zero attached hydrogens (tertiary/aromatic N) is 2. The van der Waals surface area contributed by atoms with E-state index < -0.39 is 5.97 Å². The summed E-state index contributed by atoms with van der Waals surface area (Å²) in [5.74, 6) is -1.48. The minimum atomic E-state index is -1.13. The molecular formula is C13H18N2O3. The van der Waals surface area contributed by atoms with Crippen LogP contribution in [-0.2, 0) is 0 Å². The molecule has 0 radical (unpaired) electrons. The summed E-state index contributed by atoms with van der Waals surface area (Å²) in [6.07, 6.45) is 3.09. The van der Waals surface area contributed by atoms with Crippen LogP contribution in [-0.4, -0.2) is 40.0 Å². The Morgan fingerprint density at radius 1 is 1.39 bits per heavy atom. The largest absolute Gasteiger partial charge is 0.478 e. The third kappa shape index (κ3) is 2.85. The highest BCUT2D eigenvalue weighted by Gasteiger charge is 2.24. The Kier molecular flexibility index (Phi) is 4.83. The highest BCUT2D eigenvalue weighted by molar-refractivity contribution is 6.03. The van der Waals surface area contributed by atoms with Gasteiger partial charge in [-0.2, -0.15) is 0 Å². The van der Waals surface area contributed by atoms with Gasteiger partial charge in [-0.05, 0) is 25.0 Å². The zero-order valence-electron chi connectivity index (χ0n) is 10.9. The summed E-state index contributed by atoms with van der Waals surface area (Å²) in [4.78, 5) is 28.7. The standard InChI is InChI=1S/C13H18N2O3/c1-4-9(5-2)15(3)12(16)11-10(13(17)18)7-6-8-14-11/h6-9H,4-5H2,1-3H3,(H,17,18). The average Bonchev–Trinajstić information content (AvgIpc) is 2.39. The fraction of sp³-hybridized carbons (Fsp3) is 0.462. The molecule has 0 saturated carbocycles. The fourth-order valence-electron chi connectivity index (χ4n) is 1.92. The van der Waals surface area contributed by atoms with Gasteiger partial charge in [0.2, 0.25) is 0 Å². The molecule has 0 aliphatic heterocycles. The van der Waals surface area contributed by atoms with Gasteiger partial charge in [-0.3, -0.25) is 9.78 Å². The van der Waals surface area contributed by atoms with Crippen molar-refractivity contribution in [1.82, 2.24) is 9.88 Å². The topological polar surface area (TPSA) is 70.5 Å². The maximum atomic E-state index is 12.2. The Balaban J connectivity index is 3.07. The van der Waals surface area contributed by atoms with Crippen LogP contribution < -0.4 is 0 Å². The third-order valence-corrected chi connectivity index (χ3v) is 3.05. The van der Waals surface area contributed by atoms with Gasteiger partial charge < -0.3 is 10.0 Å². The number of carbonyl (C=O) groups is 2. The Bertz CT molecular complexity index is 442. The van der Waals surface area contributed by atoms with Crippen LogP contribution in [0.3, 0.4) is 0 Å². The van der Waals surface area contributed by atoms with E-state index in [1.54, 1.807) is 11.9 Å². The molecule has 5 heteroatoms. The van der Waals surface area contributed by atoms with Crippen molar-refractivity contribution in [3.05, 3.63) is 29.6 Å². The lowest BCUT2D eigenvalue weighted by atomic mass is 10.1. The first-order valence-electron chi connectivity index (χ1n) is 5.98. The molecule has 18 heavy (non-hydrogen) atoms. The van der Waals surface area contributed by atoms with Crippen LogP contribution in [0.25, 0.3) is 0 Å². The molecule has 0 atom stereocenters. The van der Waals surface area contributed by atoms with Gasteiger partial charge in [0.05, 0.1) is 5.56 Å². The van der Waals surface area contributed by atoms with Crippen molar-refractivity contribution in [3.63, 3.8) is 0 Å². The summed E-state index contributed by atoms with van der Waals surface area (Å²) >= 11 is 0. The summed E-state index contributed by atoms with van der Waals surface area (Å²) < 4.78 is 0. The van der Waals surface area contributed by atoms with Gasteiger partial charge in [-0.1, -0.05) is 13.8 Å². The number of aromatic nitrogens is 1. The first kappa shape index (κ1) is 14.2. The van der Waals surface area contributed by atoms with Crippen LogP contribution in [0, 0.1) is 0 Å². The van der Waals surface area contributed by atoms with E-state index in [0.717, 1.165) is 12.8 Å². The van der Waals surface area contributed by atoms with E-state index in [0.29, 0.717) is 0 Å². The van der Waals surface area contributed by atoms with Gasteiger partial charge in [0.1, 0.15) is 5.69 Å². The van der Waals surface area contributed by atoms with Crippen molar-refractivity contribution in [2.75, 3.05) is 7.05 Å². The molecule has 0 spiro atoms. The second-order valence-electron chi connectivity index (χ2n) is 4.09. The number of carbonyl (C=O) groups excluding carboxylic acids is 1. The normalized spacial score (nSPS) is 10.4. The van der Waals surface area contributed by atoms with Crippen LogP contribution in [0.2, 0.25) is 0 Å². The van der Waals surface area contributed by atoms with Crippen LogP contribution in [0.4, 0.5) is 0 Å². The Hall–Kier alpha value is -1.91. The average molecular weight is 250 g/mol. The molecule has 0 aliphatic carbocycles. The molecule has 0 bridgehead atoms. The maximum Gasteiger partial charge on any atom is 0.338 e. The zero-order valence-corrected chi connectivity index (χ0v) is 10.9. The Morgan fingerprint density at radius 2 is 2.00 bits per heavy atom. The van der Waals surface area contributed by atoms with E-state index >= 15 is 0 Å². The van der Waals surface area contributed by atoms with Gasteiger partial charge >= 0.3 is 5.97 Å². The molecule has 98 valence electrons. The molecule has 5 nitrogen and oxygen atoms in total. The lowest BCUT2D eigenvalue weighted by Crippen LogP contribution is -2.37. The van der Waals surface area contributed by atoms with Crippen LogP contribution in [0.5, 0.6) is 0 Å². The molecule has 1 amide bonds. The van der Waals surface area contributed by atoms with E-state index in [9.17, 15) is 9.59 Å². The summed E-state index contributed by atoms with van der Waals surface area (Å²) in [6, 6.07) is 3.00. The first-order chi connectivity index (χ1) is 8.52. The molecule has 0 unspecified atom stereocenters. The first-order valence-corrected chi connectivity index (χ1v) is 5.98. The maximum absolute atomic E-state index is 12.2. The van der Waals surface area contributed by atoms with Gasteiger partial charge in [0, 0.05) is 19.3 Å². The van der Waals surface area contributed by atoms with Crippen molar-refractivity contribution < 1.29 is 14.7 Å². The summed E-state index contributed by atoms with van der Waals surface area (Å²) in [7, 11) is 1.68. The number of rotatable bonds is 5. The molecule has 1 heterocycles. The van der Waals surface area contributed by atoms with Crippen molar-refractivity contribution >= 4 is 11.9 Å². The van der Waals surface area contributed by atoms with Crippen molar-refractivity contribution in [3.8, 4) is 0 Å². The number of pyridine rings is 1. The number of aromatic carboxylic acids is 1. The molecule has 1 N–H and O–H groups in total. The lowest BCUT2D eigenvalue weighted by Gasteiger charge is -2.26. The molecular weight excluding hydrogens is 232 g/mol. The molecule has 1 rings (SSSR count). The number of hydrogen-bond acceptors (Lipinski definition) is 3. The van der Waals surface area contributed by atoms with Crippen LogP contribution in [0.15, 0.2) is 18.3 Å². The van der Waals surface area contributed by atoms with E-state index in [1.807, 2.05) is 13.8 Å². The fourth-order valence-corrected chi connectivity index (χ4v) is 1.92. The zero-order chi connectivity index (χ0) is 13.7. The van der Waals surface area contributed by atoms with Crippen molar-refractivity contribution in [1.29, 1.82) is 0 Å². The van der Waals surface area contributed by atoms with E-state index in [2.05, 4.69) is 4.98 Å². The number of amides is 1. The molecule has 1 aromatic heterocycles. The number of carboxylic acid groups (broad SMARTS) is 1. The van der Waals surface area contributed by atoms with Crippen LogP contribution >= 0.6 is 0 Å². The third-order valence-electron chi connectivity index (χ3n) is 3.05. The SMILES string of the molecule is CCC(CC)N(C)C(=O)c1ncccc1C(=O)O. The highest BCUT2D eigenvalue weighted by Crippen LogP contribution is 2.13. The summed E-state index contributed by atoms with van der Waals surface area (Å²) in [5, 5.41) is 9.04. The predicted molar refractivity (Wildman–Crippen MR) is 67.7 cm³/mol. The van der Waals surface area contributed by atoms with Gasteiger partial charge in [0.15, 0.2) is 0 Å². The molecule has 1 aromatic rings. The molecule has 0 aromatic carbocycles. The quantitative estimate of drug-likeness (QED) is 0.868. The Labute approximate surface area is 106 Å². The van der Waals surface area contributed by atoms with Gasteiger partial charge in [-0.15, -0.1) is 0 Å². The van der Waals surface area contributed by atoms with Crippen molar-refractivity contribution in [2.24, 2.45) is 0 Å². The second-order valence-corrected chi connectivity index (χ2v) is 4.09. The lowest BCUT2D eigenvalue weighted by molar-refractivity contribution is 0.0662. The molecule has 0 aliphatic rings. The van der Waals surface area contributed by atoms with Gasteiger partial charge in [0.25, 0.3) is 5.91 Å². The second kappa shape index (κ2) is 6.14. The smallest absolute Gasteiger partial charge is 0.338 e. The minimum absolute atomic E-state index is 0.000556. The van der Waals surface area contributed by atoms with Crippen LogP contribution in [0.1, 0.15) is 47.5 Å².